The molecule has 1 saturated carbocycles. The Balaban J connectivity index is 1.51. The lowest BCUT2D eigenvalue weighted by atomic mass is 9.97. The van der Waals surface area contributed by atoms with E-state index in [1.54, 1.807) is 0 Å². The van der Waals surface area contributed by atoms with Crippen LogP contribution >= 0.6 is 0 Å². The minimum Gasteiger partial charge on any atom is -0.332 e. The van der Waals surface area contributed by atoms with Gasteiger partial charge in [0.15, 0.2) is 0 Å². The number of hydrogen-bond acceptors (Lipinski definition) is 2. The number of rotatable bonds is 4. The van der Waals surface area contributed by atoms with Gasteiger partial charge in [-0.3, -0.25) is 9.59 Å². The monoisotopic (exact) mass is 278 g/mol. The van der Waals surface area contributed by atoms with Crippen LogP contribution in [0, 0.1) is 5.92 Å². The smallest absolute Gasteiger partial charge is 0.245 e. The molecule has 2 amide bonds. The molecule has 0 aromatic heterocycles. The largest absolute Gasteiger partial charge is 0.332 e. The van der Waals surface area contributed by atoms with Gasteiger partial charge in [0.05, 0.1) is 6.54 Å². The molecular weight excluding hydrogens is 252 g/mol. The molecule has 2 heterocycles. The molecule has 0 radical (unpaired) electrons. The van der Waals surface area contributed by atoms with Crippen molar-refractivity contribution in [2.75, 3.05) is 19.6 Å². The second-order valence-electron chi connectivity index (χ2n) is 6.65. The number of piperazine rings is 1. The quantitative estimate of drug-likeness (QED) is 0.791. The third-order valence-electron chi connectivity index (χ3n) is 5.26. The zero-order valence-corrected chi connectivity index (χ0v) is 12.4. The number of nitrogens with zero attached hydrogens (tertiary/aromatic N) is 2. The fraction of sp³-hybridized carbons (Fsp3) is 0.875. The van der Waals surface area contributed by atoms with Gasteiger partial charge in [-0.15, -0.1) is 0 Å². The summed E-state index contributed by atoms with van der Waals surface area (Å²) in [6.07, 6.45) is 10.8. The summed E-state index contributed by atoms with van der Waals surface area (Å²) in [5, 5.41) is 0. The molecule has 0 N–H and O–H groups in total. The van der Waals surface area contributed by atoms with E-state index in [9.17, 15) is 9.59 Å². The number of hydrogen-bond donors (Lipinski definition) is 0. The first-order valence-electron chi connectivity index (χ1n) is 8.34. The Morgan fingerprint density at radius 2 is 1.75 bits per heavy atom. The summed E-state index contributed by atoms with van der Waals surface area (Å²) in [4.78, 5) is 28.2. The van der Waals surface area contributed by atoms with E-state index in [0.717, 1.165) is 44.7 Å². The molecule has 0 aromatic carbocycles. The summed E-state index contributed by atoms with van der Waals surface area (Å²) in [5.74, 6) is 1.24. The summed E-state index contributed by atoms with van der Waals surface area (Å²) in [7, 11) is 0. The highest BCUT2D eigenvalue weighted by molar-refractivity contribution is 5.95. The molecule has 3 rings (SSSR count). The number of piperidine rings is 1. The first-order chi connectivity index (χ1) is 9.75. The average molecular weight is 278 g/mol. The molecule has 2 aliphatic heterocycles. The van der Waals surface area contributed by atoms with Crippen LogP contribution in [0.2, 0.25) is 0 Å². The van der Waals surface area contributed by atoms with Gasteiger partial charge < -0.3 is 9.80 Å². The van der Waals surface area contributed by atoms with Crippen LogP contribution in [0.1, 0.15) is 57.8 Å². The predicted octanol–water partition coefficient (Wildman–Crippen LogP) is 2.18. The number of amides is 2. The highest BCUT2D eigenvalue weighted by Gasteiger charge is 2.39. The molecular formula is C16H26N2O2. The van der Waals surface area contributed by atoms with Gasteiger partial charge in [-0.25, -0.2) is 0 Å². The van der Waals surface area contributed by atoms with Crippen molar-refractivity contribution in [3.05, 3.63) is 0 Å². The minimum atomic E-state index is -0.142. The summed E-state index contributed by atoms with van der Waals surface area (Å²) in [6.45, 7) is 1.89. The van der Waals surface area contributed by atoms with Crippen molar-refractivity contribution in [1.82, 2.24) is 9.80 Å². The van der Waals surface area contributed by atoms with Crippen LogP contribution in [0.15, 0.2) is 0 Å². The van der Waals surface area contributed by atoms with Crippen LogP contribution in [0.25, 0.3) is 0 Å². The van der Waals surface area contributed by atoms with E-state index in [4.69, 9.17) is 0 Å². The summed E-state index contributed by atoms with van der Waals surface area (Å²) in [5.41, 5.74) is 0. The average Bonchev–Trinajstić information content (AvgIpc) is 2.97. The molecule has 3 aliphatic rings. The van der Waals surface area contributed by atoms with Gasteiger partial charge in [0.1, 0.15) is 6.04 Å². The van der Waals surface area contributed by atoms with E-state index in [1.165, 1.54) is 32.1 Å². The first kappa shape index (κ1) is 13.9. The highest BCUT2D eigenvalue weighted by Crippen LogP contribution is 2.29. The lowest BCUT2D eigenvalue weighted by molar-refractivity contribution is -0.157. The van der Waals surface area contributed by atoms with Crippen LogP contribution in [-0.2, 0) is 9.59 Å². The lowest BCUT2D eigenvalue weighted by Gasteiger charge is -2.42. The second-order valence-corrected chi connectivity index (χ2v) is 6.65. The Kier molecular flexibility index (Phi) is 4.27. The summed E-state index contributed by atoms with van der Waals surface area (Å²) >= 11 is 0. The molecule has 1 unspecified atom stereocenters. The van der Waals surface area contributed by atoms with Crippen molar-refractivity contribution in [3.63, 3.8) is 0 Å². The van der Waals surface area contributed by atoms with E-state index < -0.39 is 0 Å². The molecule has 2 saturated heterocycles. The van der Waals surface area contributed by atoms with Crippen LogP contribution < -0.4 is 0 Å². The summed E-state index contributed by atoms with van der Waals surface area (Å²) < 4.78 is 0. The van der Waals surface area contributed by atoms with Crippen molar-refractivity contribution < 1.29 is 9.59 Å². The fourth-order valence-corrected chi connectivity index (χ4v) is 4.09. The van der Waals surface area contributed by atoms with E-state index in [1.807, 2.05) is 9.80 Å². The Morgan fingerprint density at radius 3 is 2.55 bits per heavy atom. The van der Waals surface area contributed by atoms with Crippen molar-refractivity contribution in [2.24, 2.45) is 5.92 Å². The summed E-state index contributed by atoms with van der Waals surface area (Å²) in [6, 6.07) is -0.142. The van der Waals surface area contributed by atoms with Crippen LogP contribution in [0.3, 0.4) is 0 Å². The van der Waals surface area contributed by atoms with Crippen molar-refractivity contribution in [2.45, 2.75) is 63.8 Å². The van der Waals surface area contributed by atoms with Gasteiger partial charge >= 0.3 is 0 Å². The van der Waals surface area contributed by atoms with Gasteiger partial charge in [-0.1, -0.05) is 25.7 Å². The SMILES string of the molecule is O=C1C2CCCCN2C(=O)CN1CCCC1CCCC1. The first-order valence-corrected chi connectivity index (χ1v) is 8.34. The van der Waals surface area contributed by atoms with Gasteiger partial charge in [-0.05, 0) is 38.0 Å². The lowest BCUT2D eigenvalue weighted by Crippen LogP contribution is -2.61. The van der Waals surface area contributed by atoms with Crippen molar-refractivity contribution in [3.8, 4) is 0 Å². The molecule has 20 heavy (non-hydrogen) atoms. The Bertz CT molecular complexity index is 377. The molecule has 1 atom stereocenters. The van der Waals surface area contributed by atoms with Gasteiger partial charge in [0.2, 0.25) is 11.8 Å². The third-order valence-corrected chi connectivity index (χ3v) is 5.26. The maximum Gasteiger partial charge on any atom is 0.245 e. The van der Waals surface area contributed by atoms with E-state index in [0.29, 0.717) is 6.54 Å². The Labute approximate surface area is 121 Å². The zero-order chi connectivity index (χ0) is 13.9. The maximum absolute atomic E-state index is 12.5. The van der Waals surface area contributed by atoms with Crippen LogP contribution in [0.5, 0.6) is 0 Å². The van der Waals surface area contributed by atoms with Gasteiger partial charge in [0.25, 0.3) is 0 Å². The number of carbonyl (C=O) groups excluding carboxylic acids is 2. The van der Waals surface area contributed by atoms with Crippen LogP contribution in [-0.4, -0.2) is 47.3 Å². The molecule has 0 spiro atoms. The molecule has 0 bridgehead atoms. The number of carbonyl (C=O) groups is 2. The van der Waals surface area contributed by atoms with Crippen molar-refractivity contribution >= 4 is 11.8 Å². The molecule has 4 heteroatoms. The zero-order valence-electron chi connectivity index (χ0n) is 12.4. The van der Waals surface area contributed by atoms with Gasteiger partial charge in [-0.2, -0.15) is 0 Å². The third kappa shape index (κ3) is 2.84. The van der Waals surface area contributed by atoms with Crippen LogP contribution in [0.4, 0.5) is 0 Å². The van der Waals surface area contributed by atoms with Crippen molar-refractivity contribution in [1.29, 1.82) is 0 Å². The molecule has 1 aliphatic carbocycles. The molecule has 3 fully saturated rings. The highest BCUT2D eigenvalue weighted by atomic mass is 16.2. The molecule has 4 nitrogen and oxygen atoms in total. The standard InChI is InChI=1S/C16H26N2O2/c19-15-12-17(10-5-8-13-6-1-2-7-13)16(20)14-9-3-4-11-18(14)15/h13-14H,1-12H2. The normalized spacial score (nSPS) is 28.1. The predicted molar refractivity (Wildman–Crippen MR) is 77.1 cm³/mol. The number of fused-ring (bicyclic) bond motifs is 1. The van der Waals surface area contributed by atoms with Gasteiger partial charge in [0, 0.05) is 13.1 Å². The minimum absolute atomic E-state index is 0.142. The molecule has 112 valence electrons. The fourth-order valence-electron chi connectivity index (χ4n) is 4.09. The van der Waals surface area contributed by atoms with E-state index in [-0.39, 0.29) is 17.9 Å². The topological polar surface area (TPSA) is 40.6 Å². The molecule has 0 aromatic rings. The Morgan fingerprint density at radius 1 is 1.00 bits per heavy atom. The Hall–Kier alpha value is -1.06. The van der Waals surface area contributed by atoms with E-state index in [2.05, 4.69) is 0 Å². The second kappa shape index (κ2) is 6.15. The maximum atomic E-state index is 12.5. The van der Waals surface area contributed by atoms with E-state index >= 15 is 0 Å².